The molecular formula is C21H21Cl2N5O2S. The molecule has 3 aromatic rings. The van der Waals surface area contributed by atoms with Crippen LogP contribution in [0.1, 0.15) is 18.3 Å². The van der Waals surface area contributed by atoms with E-state index in [-0.39, 0.29) is 24.0 Å². The van der Waals surface area contributed by atoms with Gasteiger partial charge >= 0.3 is 0 Å². The molecule has 0 radical (unpaired) electrons. The second kappa shape index (κ2) is 10.7. The van der Waals surface area contributed by atoms with E-state index < -0.39 is 0 Å². The van der Waals surface area contributed by atoms with Crippen LogP contribution < -0.4 is 10.6 Å². The molecule has 0 bridgehead atoms. The third-order valence-corrected chi connectivity index (χ3v) is 6.21. The Morgan fingerprint density at radius 1 is 1.03 bits per heavy atom. The van der Waals surface area contributed by atoms with E-state index in [0.29, 0.717) is 26.7 Å². The van der Waals surface area contributed by atoms with E-state index in [2.05, 4.69) is 20.8 Å². The molecule has 7 nitrogen and oxygen atoms in total. The first-order valence-corrected chi connectivity index (χ1v) is 11.2. The molecule has 0 aliphatic rings. The highest BCUT2D eigenvalue weighted by atomic mass is 35.5. The van der Waals surface area contributed by atoms with Crippen LogP contribution in [0.15, 0.2) is 47.6 Å². The van der Waals surface area contributed by atoms with Crippen molar-refractivity contribution in [1.29, 1.82) is 0 Å². The third kappa shape index (κ3) is 6.22. The number of benzene rings is 2. The number of halogens is 2. The summed E-state index contributed by atoms with van der Waals surface area (Å²) in [6, 6.07) is 12.6. The molecule has 0 spiro atoms. The molecule has 0 atom stereocenters. The molecule has 0 fully saturated rings. The van der Waals surface area contributed by atoms with Crippen LogP contribution in [-0.4, -0.2) is 32.3 Å². The fourth-order valence-electron chi connectivity index (χ4n) is 2.81. The fourth-order valence-corrected chi connectivity index (χ4v) is 3.84. The van der Waals surface area contributed by atoms with Gasteiger partial charge in [-0.05, 0) is 36.2 Å². The molecule has 0 saturated heterocycles. The van der Waals surface area contributed by atoms with Crippen molar-refractivity contribution in [2.24, 2.45) is 7.05 Å². The van der Waals surface area contributed by atoms with E-state index >= 15 is 0 Å². The molecule has 2 aromatic carbocycles. The number of hydrogen-bond donors (Lipinski definition) is 2. The lowest BCUT2D eigenvalue weighted by molar-refractivity contribution is -0.116. The van der Waals surface area contributed by atoms with Crippen molar-refractivity contribution >= 4 is 58.2 Å². The molecule has 2 N–H and O–H groups in total. The lowest BCUT2D eigenvalue weighted by atomic mass is 10.1. The number of nitrogens with zero attached hydrogens (tertiary/aromatic N) is 3. The number of carbonyl (C=O) groups is 2. The van der Waals surface area contributed by atoms with Gasteiger partial charge in [0.1, 0.15) is 5.82 Å². The lowest BCUT2D eigenvalue weighted by Gasteiger charge is -2.09. The average molecular weight is 478 g/mol. The van der Waals surface area contributed by atoms with Gasteiger partial charge in [-0.25, -0.2) is 0 Å². The highest BCUT2D eigenvalue weighted by Crippen LogP contribution is 2.25. The van der Waals surface area contributed by atoms with Gasteiger partial charge in [-0.3, -0.25) is 9.59 Å². The van der Waals surface area contributed by atoms with Crippen LogP contribution in [0.4, 0.5) is 11.4 Å². The van der Waals surface area contributed by atoms with E-state index in [1.54, 1.807) is 29.8 Å². The fraction of sp³-hybridized carbons (Fsp3) is 0.238. The van der Waals surface area contributed by atoms with Crippen molar-refractivity contribution in [1.82, 2.24) is 14.8 Å². The minimum atomic E-state index is -0.221. The topological polar surface area (TPSA) is 88.9 Å². The Hall–Kier alpha value is -2.55. The van der Waals surface area contributed by atoms with Crippen LogP contribution in [0.25, 0.3) is 0 Å². The minimum Gasteiger partial charge on any atom is -0.325 e. The van der Waals surface area contributed by atoms with E-state index in [0.717, 1.165) is 17.7 Å². The largest absolute Gasteiger partial charge is 0.325 e. The van der Waals surface area contributed by atoms with Gasteiger partial charge < -0.3 is 15.2 Å². The molecule has 3 rings (SSSR count). The summed E-state index contributed by atoms with van der Waals surface area (Å²) < 4.78 is 1.71. The Morgan fingerprint density at radius 3 is 2.55 bits per heavy atom. The van der Waals surface area contributed by atoms with Crippen LogP contribution in [0.5, 0.6) is 0 Å². The standard InChI is InChI=1S/C21H21Cl2N5O2S/c1-3-13-6-4-5-7-17(13)25-19(29)11-18-26-27-21(28(18)2)31-12-20(30)24-14-8-9-15(22)16(23)10-14/h4-10H,3,11-12H2,1-2H3,(H,24,30)(H,25,29). The number of anilines is 2. The maximum absolute atomic E-state index is 12.4. The molecule has 0 saturated carbocycles. The number of carbonyl (C=O) groups excluding carboxylic acids is 2. The summed E-state index contributed by atoms with van der Waals surface area (Å²) in [6.07, 6.45) is 0.906. The summed E-state index contributed by atoms with van der Waals surface area (Å²) in [5.41, 5.74) is 2.42. The first kappa shape index (κ1) is 23.1. The first-order valence-electron chi connectivity index (χ1n) is 9.51. The van der Waals surface area contributed by atoms with Crippen molar-refractivity contribution in [3.63, 3.8) is 0 Å². The summed E-state index contributed by atoms with van der Waals surface area (Å²) in [5.74, 6) is 0.244. The van der Waals surface area contributed by atoms with Crippen molar-refractivity contribution in [3.05, 3.63) is 63.9 Å². The van der Waals surface area contributed by atoms with Crippen LogP contribution in [-0.2, 0) is 29.5 Å². The maximum atomic E-state index is 12.4. The summed E-state index contributed by atoms with van der Waals surface area (Å²) in [7, 11) is 1.77. The molecule has 162 valence electrons. The predicted molar refractivity (Wildman–Crippen MR) is 125 cm³/mol. The number of thioether (sulfide) groups is 1. The van der Waals surface area contributed by atoms with E-state index in [9.17, 15) is 9.59 Å². The molecule has 31 heavy (non-hydrogen) atoms. The van der Waals surface area contributed by atoms with Gasteiger partial charge in [0.05, 0.1) is 22.2 Å². The van der Waals surface area contributed by atoms with Crippen LogP contribution in [0.3, 0.4) is 0 Å². The number of para-hydroxylation sites is 1. The van der Waals surface area contributed by atoms with Gasteiger partial charge in [-0.15, -0.1) is 10.2 Å². The van der Waals surface area contributed by atoms with Crippen molar-refractivity contribution in [3.8, 4) is 0 Å². The highest BCUT2D eigenvalue weighted by Gasteiger charge is 2.15. The second-order valence-corrected chi connectivity index (χ2v) is 8.42. The van der Waals surface area contributed by atoms with Crippen molar-refractivity contribution in [2.45, 2.75) is 24.9 Å². The number of aromatic nitrogens is 3. The zero-order valence-electron chi connectivity index (χ0n) is 17.0. The van der Waals surface area contributed by atoms with Crippen LogP contribution >= 0.6 is 35.0 Å². The quantitative estimate of drug-likeness (QED) is 0.462. The summed E-state index contributed by atoms with van der Waals surface area (Å²) in [4.78, 5) is 24.7. The summed E-state index contributed by atoms with van der Waals surface area (Å²) in [6.45, 7) is 2.04. The molecule has 1 heterocycles. The van der Waals surface area contributed by atoms with E-state index in [1.165, 1.54) is 11.8 Å². The van der Waals surface area contributed by atoms with Crippen LogP contribution in [0.2, 0.25) is 10.0 Å². The minimum absolute atomic E-state index is 0.0809. The van der Waals surface area contributed by atoms with Gasteiger partial charge in [0, 0.05) is 18.4 Å². The van der Waals surface area contributed by atoms with Gasteiger partial charge in [0.2, 0.25) is 11.8 Å². The third-order valence-electron chi connectivity index (χ3n) is 4.45. The maximum Gasteiger partial charge on any atom is 0.234 e. The van der Waals surface area contributed by atoms with Gasteiger partial charge in [-0.2, -0.15) is 0 Å². The van der Waals surface area contributed by atoms with Crippen molar-refractivity contribution in [2.75, 3.05) is 16.4 Å². The molecule has 0 unspecified atom stereocenters. The summed E-state index contributed by atoms with van der Waals surface area (Å²) in [5, 5.41) is 15.2. The molecule has 1 aromatic heterocycles. The Labute approximate surface area is 194 Å². The summed E-state index contributed by atoms with van der Waals surface area (Å²) >= 11 is 13.1. The Morgan fingerprint density at radius 2 is 1.81 bits per heavy atom. The lowest BCUT2D eigenvalue weighted by Crippen LogP contribution is -2.18. The first-order chi connectivity index (χ1) is 14.9. The Bertz CT molecular complexity index is 1100. The molecule has 10 heteroatoms. The smallest absolute Gasteiger partial charge is 0.234 e. The molecule has 2 amide bonds. The monoisotopic (exact) mass is 477 g/mol. The Balaban J connectivity index is 1.55. The number of hydrogen-bond acceptors (Lipinski definition) is 5. The van der Waals surface area contributed by atoms with Crippen molar-refractivity contribution < 1.29 is 9.59 Å². The second-order valence-electron chi connectivity index (χ2n) is 6.66. The Kier molecular flexibility index (Phi) is 7.95. The zero-order chi connectivity index (χ0) is 22.4. The molecule has 0 aliphatic carbocycles. The number of amides is 2. The van der Waals surface area contributed by atoms with Gasteiger partial charge in [0.15, 0.2) is 5.16 Å². The molecular weight excluding hydrogens is 457 g/mol. The van der Waals surface area contributed by atoms with Gasteiger partial charge in [-0.1, -0.05) is 60.1 Å². The van der Waals surface area contributed by atoms with E-state index in [1.807, 2.05) is 31.2 Å². The predicted octanol–water partition coefficient (Wildman–Crippen LogP) is 4.60. The van der Waals surface area contributed by atoms with Crippen LogP contribution in [0, 0.1) is 0 Å². The average Bonchev–Trinajstić information content (AvgIpc) is 3.09. The highest BCUT2D eigenvalue weighted by molar-refractivity contribution is 7.99. The number of rotatable bonds is 8. The van der Waals surface area contributed by atoms with E-state index in [4.69, 9.17) is 23.2 Å². The SMILES string of the molecule is CCc1ccccc1NC(=O)Cc1nnc(SCC(=O)Nc2ccc(Cl)c(Cl)c2)n1C. The molecule has 0 aliphatic heterocycles. The number of aryl methyl sites for hydroxylation is 1. The normalized spacial score (nSPS) is 10.7. The number of nitrogens with one attached hydrogen (secondary N) is 2. The zero-order valence-corrected chi connectivity index (χ0v) is 19.3. The van der Waals surface area contributed by atoms with Gasteiger partial charge in [0.25, 0.3) is 0 Å².